The van der Waals surface area contributed by atoms with E-state index in [-0.39, 0.29) is 11.8 Å². The third-order valence-electron chi connectivity index (χ3n) is 3.94. The third-order valence-corrected chi connectivity index (χ3v) is 3.94. The standard InChI is InChI=1S/C21H20N2O5/c1-13(2)18-11-22-21(28-18)14-6-8-16(9-7-14)23-20(26)15-4-3-5-17(10-15)27-12-19(24)25/h3-11,13H,12H2,1-2H3,(H,23,26)(H,24,25). The maximum atomic E-state index is 12.4. The van der Waals surface area contributed by atoms with E-state index in [1.807, 2.05) is 26.0 Å². The number of carboxylic acids is 1. The largest absolute Gasteiger partial charge is 0.482 e. The molecule has 0 radical (unpaired) electrons. The number of oxazole rings is 1. The van der Waals surface area contributed by atoms with E-state index in [1.54, 1.807) is 36.5 Å². The van der Waals surface area contributed by atoms with Gasteiger partial charge in [-0.2, -0.15) is 0 Å². The van der Waals surface area contributed by atoms with E-state index in [0.29, 0.717) is 22.9 Å². The van der Waals surface area contributed by atoms with Crippen LogP contribution >= 0.6 is 0 Å². The van der Waals surface area contributed by atoms with Crippen molar-refractivity contribution in [3.63, 3.8) is 0 Å². The van der Waals surface area contributed by atoms with Crippen molar-refractivity contribution >= 4 is 17.6 Å². The summed E-state index contributed by atoms with van der Waals surface area (Å²) in [5.41, 5.74) is 1.79. The Kier molecular flexibility index (Phi) is 5.74. The number of carbonyl (C=O) groups excluding carboxylic acids is 1. The highest BCUT2D eigenvalue weighted by Crippen LogP contribution is 2.24. The maximum Gasteiger partial charge on any atom is 0.341 e. The zero-order valence-electron chi connectivity index (χ0n) is 15.5. The van der Waals surface area contributed by atoms with Crippen LogP contribution in [0, 0.1) is 0 Å². The van der Waals surface area contributed by atoms with Crippen LogP contribution in [0.25, 0.3) is 11.5 Å². The molecule has 0 aliphatic heterocycles. The van der Waals surface area contributed by atoms with Gasteiger partial charge in [0.1, 0.15) is 11.5 Å². The van der Waals surface area contributed by atoms with Gasteiger partial charge in [0.2, 0.25) is 5.89 Å². The lowest BCUT2D eigenvalue weighted by Gasteiger charge is -2.08. The van der Waals surface area contributed by atoms with Gasteiger partial charge >= 0.3 is 5.97 Å². The number of benzene rings is 2. The quantitative estimate of drug-likeness (QED) is 0.637. The Morgan fingerprint density at radius 1 is 1.18 bits per heavy atom. The molecule has 0 aliphatic rings. The van der Waals surface area contributed by atoms with Crippen LogP contribution in [0.3, 0.4) is 0 Å². The smallest absolute Gasteiger partial charge is 0.341 e. The molecule has 7 heteroatoms. The Morgan fingerprint density at radius 3 is 2.57 bits per heavy atom. The third kappa shape index (κ3) is 4.76. The van der Waals surface area contributed by atoms with Gasteiger partial charge < -0.3 is 19.6 Å². The van der Waals surface area contributed by atoms with Crippen LogP contribution in [0.4, 0.5) is 5.69 Å². The molecule has 7 nitrogen and oxygen atoms in total. The first-order valence-corrected chi connectivity index (χ1v) is 8.74. The SMILES string of the molecule is CC(C)c1cnc(-c2ccc(NC(=O)c3cccc(OCC(=O)O)c3)cc2)o1. The fourth-order valence-corrected chi connectivity index (χ4v) is 2.46. The minimum Gasteiger partial charge on any atom is -0.482 e. The number of carboxylic acid groups (broad SMARTS) is 1. The van der Waals surface area contributed by atoms with Crippen molar-refractivity contribution in [2.45, 2.75) is 19.8 Å². The molecule has 1 aromatic heterocycles. The monoisotopic (exact) mass is 380 g/mol. The minimum atomic E-state index is -1.08. The molecule has 2 aromatic carbocycles. The predicted octanol–water partition coefficient (Wildman–Crippen LogP) is 4.18. The van der Waals surface area contributed by atoms with Gasteiger partial charge in [-0.05, 0) is 42.5 Å². The van der Waals surface area contributed by atoms with E-state index in [9.17, 15) is 9.59 Å². The Bertz CT molecular complexity index is 976. The van der Waals surface area contributed by atoms with Gasteiger partial charge in [0.15, 0.2) is 6.61 Å². The van der Waals surface area contributed by atoms with Crippen molar-refractivity contribution < 1.29 is 23.8 Å². The van der Waals surface area contributed by atoms with Crippen LogP contribution in [0.5, 0.6) is 5.75 Å². The topological polar surface area (TPSA) is 102 Å². The second kappa shape index (κ2) is 8.39. The average molecular weight is 380 g/mol. The molecule has 2 N–H and O–H groups in total. The molecule has 28 heavy (non-hydrogen) atoms. The second-order valence-corrected chi connectivity index (χ2v) is 6.46. The molecular weight excluding hydrogens is 360 g/mol. The molecule has 1 amide bonds. The summed E-state index contributed by atoms with van der Waals surface area (Å²) in [6.45, 7) is 3.60. The molecule has 0 atom stereocenters. The molecule has 0 bridgehead atoms. The molecule has 3 aromatic rings. The Balaban J connectivity index is 1.67. The maximum absolute atomic E-state index is 12.4. The first kappa shape index (κ1) is 19.2. The summed E-state index contributed by atoms with van der Waals surface area (Å²) in [6.07, 6.45) is 1.72. The highest BCUT2D eigenvalue weighted by molar-refractivity contribution is 6.04. The fourth-order valence-electron chi connectivity index (χ4n) is 2.46. The zero-order valence-corrected chi connectivity index (χ0v) is 15.5. The summed E-state index contributed by atoms with van der Waals surface area (Å²) in [7, 11) is 0. The van der Waals surface area contributed by atoms with Gasteiger partial charge in [-0.25, -0.2) is 9.78 Å². The van der Waals surface area contributed by atoms with Crippen LogP contribution in [0.15, 0.2) is 59.1 Å². The highest BCUT2D eigenvalue weighted by Gasteiger charge is 2.11. The van der Waals surface area contributed by atoms with Gasteiger partial charge in [-0.3, -0.25) is 4.79 Å². The van der Waals surface area contributed by atoms with Gasteiger partial charge in [0.05, 0.1) is 6.20 Å². The fraction of sp³-hybridized carbons (Fsp3) is 0.190. The number of hydrogen-bond donors (Lipinski definition) is 2. The average Bonchev–Trinajstić information content (AvgIpc) is 3.18. The van der Waals surface area contributed by atoms with Gasteiger partial charge in [0, 0.05) is 22.7 Å². The van der Waals surface area contributed by atoms with Crippen molar-refractivity contribution in [2.24, 2.45) is 0 Å². The lowest BCUT2D eigenvalue weighted by Crippen LogP contribution is -2.13. The molecule has 144 valence electrons. The minimum absolute atomic E-state index is 0.259. The highest BCUT2D eigenvalue weighted by atomic mass is 16.5. The molecule has 0 spiro atoms. The first-order valence-electron chi connectivity index (χ1n) is 8.74. The van der Waals surface area contributed by atoms with E-state index < -0.39 is 12.6 Å². The molecule has 0 unspecified atom stereocenters. The summed E-state index contributed by atoms with van der Waals surface area (Å²) in [4.78, 5) is 27.3. The van der Waals surface area contributed by atoms with Crippen LogP contribution in [0.1, 0.15) is 35.9 Å². The molecule has 0 aliphatic carbocycles. The number of anilines is 1. The van der Waals surface area contributed by atoms with Crippen LogP contribution in [-0.2, 0) is 4.79 Å². The summed E-state index contributed by atoms with van der Waals surface area (Å²) >= 11 is 0. The predicted molar refractivity (Wildman–Crippen MR) is 104 cm³/mol. The normalized spacial score (nSPS) is 10.7. The van der Waals surface area contributed by atoms with Crippen molar-refractivity contribution in [1.29, 1.82) is 0 Å². The van der Waals surface area contributed by atoms with Crippen molar-refractivity contribution in [3.05, 3.63) is 66.1 Å². The number of nitrogens with one attached hydrogen (secondary N) is 1. The lowest BCUT2D eigenvalue weighted by atomic mass is 10.1. The Hall–Kier alpha value is -3.61. The first-order chi connectivity index (χ1) is 13.4. The Labute approximate surface area is 162 Å². The Morgan fingerprint density at radius 2 is 1.93 bits per heavy atom. The summed E-state index contributed by atoms with van der Waals surface area (Å²) in [5.74, 6) is 0.515. The second-order valence-electron chi connectivity index (χ2n) is 6.46. The van der Waals surface area contributed by atoms with E-state index >= 15 is 0 Å². The van der Waals surface area contributed by atoms with E-state index in [2.05, 4.69) is 10.3 Å². The summed E-state index contributed by atoms with van der Waals surface area (Å²) in [5, 5.41) is 11.5. The molecule has 0 saturated carbocycles. The number of aromatic nitrogens is 1. The summed E-state index contributed by atoms with van der Waals surface area (Å²) in [6, 6.07) is 13.5. The number of ether oxygens (including phenoxy) is 1. The van der Waals surface area contributed by atoms with Gasteiger partial charge in [-0.15, -0.1) is 0 Å². The van der Waals surface area contributed by atoms with E-state index in [4.69, 9.17) is 14.3 Å². The summed E-state index contributed by atoms with van der Waals surface area (Å²) < 4.78 is 10.8. The van der Waals surface area contributed by atoms with Gasteiger partial charge in [-0.1, -0.05) is 19.9 Å². The van der Waals surface area contributed by atoms with Crippen LogP contribution in [-0.4, -0.2) is 28.6 Å². The zero-order chi connectivity index (χ0) is 20.1. The molecular formula is C21H20N2O5. The number of amides is 1. The number of rotatable bonds is 7. The number of nitrogens with zero attached hydrogens (tertiary/aromatic N) is 1. The van der Waals surface area contributed by atoms with Crippen molar-refractivity contribution in [2.75, 3.05) is 11.9 Å². The number of carbonyl (C=O) groups is 2. The van der Waals surface area contributed by atoms with Crippen molar-refractivity contribution in [1.82, 2.24) is 4.98 Å². The molecule has 0 fully saturated rings. The lowest BCUT2D eigenvalue weighted by molar-refractivity contribution is -0.139. The number of aliphatic carboxylic acids is 1. The van der Waals surface area contributed by atoms with E-state index in [0.717, 1.165) is 11.3 Å². The van der Waals surface area contributed by atoms with E-state index in [1.165, 1.54) is 6.07 Å². The molecule has 1 heterocycles. The molecule has 0 saturated heterocycles. The van der Waals surface area contributed by atoms with Crippen molar-refractivity contribution in [3.8, 4) is 17.2 Å². The van der Waals surface area contributed by atoms with Crippen LogP contribution < -0.4 is 10.1 Å². The molecule has 3 rings (SSSR count). The van der Waals surface area contributed by atoms with Crippen LogP contribution in [0.2, 0.25) is 0 Å². The van der Waals surface area contributed by atoms with Gasteiger partial charge in [0.25, 0.3) is 5.91 Å². The number of hydrogen-bond acceptors (Lipinski definition) is 5.